The molecule has 0 aliphatic carbocycles. The highest BCUT2D eigenvalue weighted by Crippen LogP contribution is 2.35. The van der Waals surface area contributed by atoms with E-state index >= 15 is 0 Å². The molecule has 2 saturated heterocycles. The highest BCUT2D eigenvalue weighted by atomic mass is 19.1. The summed E-state index contributed by atoms with van der Waals surface area (Å²) in [5, 5.41) is 2.41. The topological polar surface area (TPSA) is 82.6 Å². The zero-order chi connectivity index (χ0) is 19.7. The van der Waals surface area contributed by atoms with Gasteiger partial charge in [0.1, 0.15) is 5.54 Å². The Labute approximate surface area is 161 Å². The molecule has 1 spiro atoms. The van der Waals surface area contributed by atoms with Gasteiger partial charge in [-0.05, 0) is 24.5 Å². The van der Waals surface area contributed by atoms with E-state index in [0.717, 1.165) is 11.8 Å². The van der Waals surface area contributed by atoms with Gasteiger partial charge in [0.05, 0.1) is 11.8 Å². The molecule has 4 rings (SSSR count). The molecule has 2 aromatic rings. The number of urea groups is 1. The van der Waals surface area contributed by atoms with Gasteiger partial charge in [-0.2, -0.15) is 0 Å². The number of carbonyl (C=O) groups excluding carboxylic acids is 3. The summed E-state index contributed by atoms with van der Waals surface area (Å²) in [4.78, 5) is 44.4. The molecular weight excluding hydrogens is 363 g/mol. The molecule has 7 nitrogen and oxygen atoms in total. The average Bonchev–Trinajstić information content (AvgIpc) is 2.93. The maximum Gasteiger partial charge on any atom is 0.325 e. The third kappa shape index (κ3) is 3.00. The van der Waals surface area contributed by atoms with Crippen molar-refractivity contribution in [3.63, 3.8) is 0 Å². The molecular formula is C20H19FN4O3. The minimum Gasteiger partial charge on any atom is -0.338 e. The number of rotatable bonds is 3. The number of hydrogen-bond acceptors (Lipinski definition) is 4. The zero-order valence-corrected chi connectivity index (χ0v) is 15.1. The van der Waals surface area contributed by atoms with Crippen LogP contribution in [-0.2, 0) is 11.3 Å². The van der Waals surface area contributed by atoms with Gasteiger partial charge in [-0.25, -0.2) is 9.18 Å². The predicted molar refractivity (Wildman–Crippen MR) is 97.6 cm³/mol. The molecule has 1 aromatic heterocycles. The summed E-state index contributed by atoms with van der Waals surface area (Å²) in [7, 11) is 0. The Hall–Kier alpha value is -3.29. The number of imide groups is 1. The molecule has 4 amide bonds. The lowest BCUT2D eigenvalue weighted by molar-refractivity contribution is -0.129. The Morgan fingerprint density at radius 2 is 1.86 bits per heavy atom. The second-order valence-corrected chi connectivity index (χ2v) is 7.01. The smallest absolute Gasteiger partial charge is 0.325 e. The van der Waals surface area contributed by atoms with Crippen molar-refractivity contribution in [2.75, 3.05) is 13.1 Å². The standard InChI is InChI=1S/C20H19FN4O3/c21-16-12-22-9-6-15(16)17(26)24-10-7-20(8-11-24)18(27)23-19(28)25(20)13-14-4-2-1-3-5-14/h1-6,9,12H,7-8,10-11,13H2,(H,23,27,28). The van der Waals surface area contributed by atoms with Crippen LogP contribution in [0.15, 0.2) is 48.8 Å². The monoisotopic (exact) mass is 382 g/mol. The summed E-state index contributed by atoms with van der Waals surface area (Å²) in [5.74, 6) is -1.45. The fraction of sp³-hybridized carbons (Fsp3) is 0.300. The van der Waals surface area contributed by atoms with Crippen molar-refractivity contribution in [2.45, 2.75) is 24.9 Å². The number of aromatic nitrogens is 1. The Kier molecular flexibility index (Phi) is 4.54. The summed E-state index contributed by atoms with van der Waals surface area (Å²) >= 11 is 0. The Morgan fingerprint density at radius 1 is 1.14 bits per heavy atom. The summed E-state index contributed by atoms with van der Waals surface area (Å²) in [6.07, 6.45) is 2.97. The van der Waals surface area contributed by atoms with Gasteiger partial charge < -0.3 is 9.80 Å². The average molecular weight is 382 g/mol. The fourth-order valence-electron chi connectivity index (χ4n) is 3.88. The van der Waals surface area contributed by atoms with Gasteiger partial charge >= 0.3 is 6.03 Å². The summed E-state index contributed by atoms with van der Waals surface area (Å²) in [6.45, 7) is 0.824. The summed E-state index contributed by atoms with van der Waals surface area (Å²) in [6, 6.07) is 10.4. The molecule has 1 aromatic carbocycles. The van der Waals surface area contributed by atoms with Crippen LogP contribution in [-0.4, -0.2) is 51.3 Å². The second kappa shape index (κ2) is 7.03. The molecule has 1 N–H and O–H groups in total. The van der Waals surface area contributed by atoms with Crippen LogP contribution in [0.3, 0.4) is 0 Å². The number of benzene rings is 1. The summed E-state index contributed by atoms with van der Waals surface area (Å²) < 4.78 is 13.9. The molecule has 8 heteroatoms. The maximum atomic E-state index is 13.9. The van der Waals surface area contributed by atoms with Crippen LogP contribution in [0.4, 0.5) is 9.18 Å². The van der Waals surface area contributed by atoms with Gasteiger partial charge in [0.15, 0.2) is 5.82 Å². The first-order valence-electron chi connectivity index (χ1n) is 9.07. The van der Waals surface area contributed by atoms with Crippen LogP contribution < -0.4 is 5.32 Å². The molecule has 2 fully saturated rings. The molecule has 2 aliphatic heterocycles. The van der Waals surface area contributed by atoms with Crippen molar-refractivity contribution in [3.05, 3.63) is 65.7 Å². The molecule has 0 radical (unpaired) electrons. The van der Waals surface area contributed by atoms with Crippen molar-refractivity contribution in [2.24, 2.45) is 0 Å². The van der Waals surface area contributed by atoms with Crippen molar-refractivity contribution >= 4 is 17.8 Å². The van der Waals surface area contributed by atoms with E-state index in [9.17, 15) is 18.8 Å². The van der Waals surface area contributed by atoms with Crippen molar-refractivity contribution in [1.29, 1.82) is 0 Å². The van der Waals surface area contributed by atoms with Crippen LogP contribution in [0.1, 0.15) is 28.8 Å². The van der Waals surface area contributed by atoms with Crippen LogP contribution in [0.2, 0.25) is 0 Å². The van der Waals surface area contributed by atoms with Crippen LogP contribution in [0.5, 0.6) is 0 Å². The molecule has 0 atom stereocenters. The Balaban J connectivity index is 1.52. The lowest BCUT2D eigenvalue weighted by Crippen LogP contribution is -2.57. The number of nitrogens with zero attached hydrogens (tertiary/aromatic N) is 3. The minimum atomic E-state index is -0.986. The van der Waals surface area contributed by atoms with E-state index in [1.54, 1.807) is 4.90 Å². The molecule has 2 aliphatic rings. The number of hydrogen-bond donors (Lipinski definition) is 1. The van der Waals surface area contributed by atoms with Crippen molar-refractivity contribution in [3.8, 4) is 0 Å². The zero-order valence-electron chi connectivity index (χ0n) is 15.1. The number of likely N-dealkylation sites (tertiary alicyclic amines) is 1. The van der Waals surface area contributed by atoms with E-state index in [1.807, 2.05) is 30.3 Å². The van der Waals surface area contributed by atoms with E-state index in [2.05, 4.69) is 10.3 Å². The number of amides is 4. The Morgan fingerprint density at radius 3 is 2.54 bits per heavy atom. The second-order valence-electron chi connectivity index (χ2n) is 7.01. The van der Waals surface area contributed by atoms with Gasteiger partial charge in [0, 0.05) is 25.8 Å². The molecule has 0 unspecified atom stereocenters. The third-order valence-electron chi connectivity index (χ3n) is 5.47. The maximum absolute atomic E-state index is 13.9. The van der Waals surface area contributed by atoms with E-state index < -0.39 is 23.3 Å². The number of piperidine rings is 1. The third-order valence-corrected chi connectivity index (χ3v) is 5.47. The lowest BCUT2D eigenvalue weighted by atomic mass is 9.85. The fourth-order valence-corrected chi connectivity index (χ4v) is 3.88. The van der Waals surface area contributed by atoms with Crippen LogP contribution >= 0.6 is 0 Å². The molecule has 144 valence electrons. The molecule has 0 saturated carbocycles. The van der Waals surface area contributed by atoms with Gasteiger partial charge in [0.25, 0.3) is 11.8 Å². The first kappa shape index (κ1) is 18.1. The van der Waals surface area contributed by atoms with Gasteiger partial charge in [-0.15, -0.1) is 0 Å². The number of nitrogens with one attached hydrogen (secondary N) is 1. The van der Waals surface area contributed by atoms with E-state index in [1.165, 1.54) is 17.2 Å². The molecule has 3 heterocycles. The Bertz CT molecular complexity index is 926. The van der Waals surface area contributed by atoms with Crippen LogP contribution in [0, 0.1) is 5.82 Å². The van der Waals surface area contributed by atoms with Gasteiger partial charge in [-0.1, -0.05) is 30.3 Å². The largest absolute Gasteiger partial charge is 0.338 e. The first-order chi connectivity index (χ1) is 13.5. The van der Waals surface area contributed by atoms with Crippen molar-refractivity contribution < 1.29 is 18.8 Å². The van der Waals surface area contributed by atoms with E-state index in [4.69, 9.17) is 0 Å². The van der Waals surface area contributed by atoms with E-state index in [0.29, 0.717) is 19.4 Å². The normalized spacial score (nSPS) is 18.5. The minimum absolute atomic E-state index is 0.0426. The SMILES string of the molecule is O=C(c1ccncc1F)N1CCC2(CC1)C(=O)NC(=O)N2Cc1ccccc1. The quantitative estimate of drug-likeness (QED) is 0.823. The van der Waals surface area contributed by atoms with Crippen LogP contribution in [0.25, 0.3) is 0 Å². The predicted octanol–water partition coefficient (Wildman–Crippen LogP) is 1.95. The number of carbonyl (C=O) groups is 3. The highest BCUT2D eigenvalue weighted by Gasteiger charge is 2.54. The first-order valence-corrected chi connectivity index (χ1v) is 9.07. The van der Waals surface area contributed by atoms with E-state index in [-0.39, 0.29) is 24.6 Å². The number of pyridine rings is 1. The summed E-state index contributed by atoms with van der Waals surface area (Å²) in [5.41, 5.74) is -0.108. The van der Waals surface area contributed by atoms with Gasteiger partial charge in [0.2, 0.25) is 0 Å². The highest BCUT2D eigenvalue weighted by molar-refractivity contribution is 6.07. The number of halogens is 1. The van der Waals surface area contributed by atoms with Crippen molar-refractivity contribution in [1.82, 2.24) is 20.1 Å². The van der Waals surface area contributed by atoms with Gasteiger partial charge in [-0.3, -0.25) is 19.9 Å². The lowest BCUT2D eigenvalue weighted by Gasteiger charge is -2.42. The molecule has 0 bridgehead atoms. The molecule has 28 heavy (non-hydrogen) atoms.